The molecular weight excluding hydrogens is 656 g/mol. The van der Waals surface area contributed by atoms with E-state index in [1.807, 2.05) is 105 Å². The Morgan fingerprint density at radius 1 is 0.827 bits per heavy atom. The summed E-state index contributed by atoms with van der Waals surface area (Å²) in [6.45, 7) is 2.54. The van der Waals surface area contributed by atoms with Crippen LogP contribution < -0.4 is 16.4 Å². The number of carbonyl (C=O) groups excluding carboxylic acids is 2. The summed E-state index contributed by atoms with van der Waals surface area (Å²) in [7, 11) is 1.99. The lowest BCUT2D eigenvalue weighted by Crippen LogP contribution is -2.43. The molecule has 1 heterocycles. The van der Waals surface area contributed by atoms with E-state index in [1.54, 1.807) is 12.1 Å². The first-order valence-electron chi connectivity index (χ1n) is 18.2. The number of hydrogen-bond donors (Lipinski definition) is 5. The van der Waals surface area contributed by atoms with Gasteiger partial charge in [-0.25, -0.2) is 0 Å². The molecule has 5 atom stereocenters. The molecule has 1 fully saturated rings. The average Bonchev–Trinajstić information content (AvgIpc) is 3.16. The van der Waals surface area contributed by atoms with Crippen LogP contribution in [0.15, 0.2) is 103 Å². The fraction of sp³-hybridized carbons (Fsp3) is 0.381. The van der Waals surface area contributed by atoms with Gasteiger partial charge < -0.3 is 36.1 Å². The number of nitrogens with two attached hydrogens (primary N) is 1. The van der Waals surface area contributed by atoms with Crippen molar-refractivity contribution in [2.75, 3.05) is 30.0 Å². The largest absolute Gasteiger partial charge is 0.397 e. The van der Waals surface area contributed by atoms with Crippen molar-refractivity contribution in [3.8, 4) is 0 Å². The number of aliphatic hydroxyl groups is 2. The first-order chi connectivity index (χ1) is 25.2. The van der Waals surface area contributed by atoms with Gasteiger partial charge in [-0.15, -0.1) is 0 Å². The van der Waals surface area contributed by atoms with Gasteiger partial charge in [0.25, 0.3) is 0 Å². The van der Waals surface area contributed by atoms with Crippen molar-refractivity contribution in [2.24, 2.45) is 0 Å². The summed E-state index contributed by atoms with van der Waals surface area (Å²) in [6.07, 6.45) is 2.72. The van der Waals surface area contributed by atoms with Gasteiger partial charge in [-0.2, -0.15) is 0 Å². The molecule has 0 unspecified atom stereocenters. The maximum atomic E-state index is 12.9. The molecule has 2 amide bonds. The average molecular weight is 709 g/mol. The molecular formula is C42H52N4O6. The van der Waals surface area contributed by atoms with E-state index >= 15 is 0 Å². The van der Waals surface area contributed by atoms with Crippen molar-refractivity contribution in [2.45, 2.75) is 89.1 Å². The minimum absolute atomic E-state index is 0.0325. The monoisotopic (exact) mass is 708 g/mol. The Kier molecular flexibility index (Phi) is 14.4. The molecule has 5 rings (SSSR count). The number of nitrogens with one attached hydrogen (secondary N) is 2. The highest BCUT2D eigenvalue weighted by atomic mass is 16.7. The predicted molar refractivity (Wildman–Crippen MR) is 204 cm³/mol. The van der Waals surface area contributed by atoms with Crippen molar-refractivity contribution in [1.29, 1.82) is 0 Å². The fourth-order valence-electron chi connectivity index (χ4n) is 6.42. The zero-order valence-electron chi connectivity index (χ0n) is 30.1. The van der Waals surface area contributed by atoms with E-state index in [0.29, 0.717) is 42.9 Å². The third-order valence-electron chi connectivity index (χ3n) is 9.63. The Labute approximate surface area is 307 Å². The number of nitrogen functional groups attached to an aromatic ring is 1. The second kappa shape index (κ2) is 19.3. The topological polar surface area (TPSA) is 146 Å². The van der Waals surface area contributed by atoms with Crippen LogP contribution in [0.5, 0.6) is 0 Å². The minimum atomic E-state index is -0.684. The standard InChI is InChI=1S/C42H52N4O6/c1-29(41(50)32-13-6-5-7-14-32)46(2)27-35-26-38(31-23-21-30(28-47)22-24-31)52-42(51-35)33-15-12-16-34(25-33)44-39(48)19-8-3-4-9-20-40(49)45-37-18-11-10-17-36(37)43/h5-7,10-18,21-25,29,35,38,41-42,47,50H,3-4,8-9,19-20,26-28,43H2,1-2H3,(H,44,48)(H,45,49)/t29-,35+,38-,41-,42-/m1/s1. The van der Waals surface area contributed by atoms with Gasteiger partial charge in [0.15, 0.2) is 6.29 Å². The van der Waals surface area contributed by atoms with Crippen LogP contribution in [0.1, 0.15) is 92.6 Å². The first-order valence-corrected chi connectivity index (χ1v) is 18.2. The van der Waals surface area contributed by atoms with Crippen molar-refractivity contribution in [3.05, 3.63) is 125 Å². The number of aliphatic hydroxyl groups excluding tert-OH is 2. The van der Waals surface area contributed by atoms with Crippen LogP contribution in [0.4, 0.5) is 17.1 Å². The smallest absolute Gasteiger partial charge is 0.224 e. The molecule has 0 radical (unpaired) electrons. The molecule has 0 aromatic heterocycles. The van der Waals surface area contributed by atoms with Gasteiger partial charge in [0, 0.05) is 43.1 Å². The molecule has 0 bridgehead atoms. The lowest BCUT2D eigenvalue weighted by atomic mass is 9.98. The highest BCUT2D eigenvalue weighted by Crippen LogP contribution is 2.39. The SMILES string of the molecule is C[C@H]([C@@H](O)c1ccccc1)N(C)C[C@@H]1C[C@H](c2ccc(CO)cc2)O[C@H](c2cccc(NC(=O)CCCCCCC(=O)Nc3ccccc3N)c2)O1. The van der Waals surface area contributed by atoms with Gasteiger partial charge in [-0.3, -0.25) is 14.5 Å². The van der Waals surface area contributed by atoms with Crippen molar-refractivity contribution in [1.82, 2.24) is 4.90 Å². The number of likely N-dealkylation sites (N-methyl/N-ethyl adjacent to an activating group) is 1. The summed E-state index contributed by atoms with van der Waals surface area (Å²) in [6, 6.07) is 32.0. The van der Waals surface area contributed by atoms with E-state index in [2.05, 4.69) is 15.5 Å². The van der Waals surface area contributed by atoms with Gasteiger partial charge >= 0.3 is 0 Å². The van der Waals surface area contributed by atoms with Crippen LogP contribution in [0, 0.1) is 0 Å². The molecule has 0 aliphatic carbocycles. The van der Waals surface area contributed by atoms with E-state index in [1.165, 1.54) is 0 Å². The van der Waals surface area contributed by atoms with Gasteiger partial charge in [0.1, 0.15) is 0 Å². The highest BCUT2D eigenvalue weighted by molar-refractivity contribution is 5.93. The van der Waals surface area contributed by atoms with Crippen LogP contribution >= 0.6 is 0 Å². The fourth-order valence-corrected chi connectivity index (χ4v) is 6.42. The highest BCUT2D eigenvalue weighted by Gasteiger charge is 2.34. The minimum Gasteiger partial charge on any atom is -0.397 e. The van der Waals surface area contributed by atoms with Crippen molar-refractivity contribution in [3.63, 3.8) is 0 Å². The summed E-state index contributed by atoms with van der Waals surface area (Å²) in [5.41, 5.74) is 11.2. The molecule has 4 aromatic rings. The number of para-hydroxylation sites is 2. The van der Waals surface area contributed by atoms with Crippen molar-refractivity contribution >= 4 is 28.9 Å². The molecule has 1 aliphatic rings. The first kappa shape index (κ1) is 38.6. The van der Waals surface area contributed by atoms with E-state index < -0.39 is 12.4 Å². The van der Waals surface area contributed by atoms with E-state index in [4.69, 9.17) is 15.2 Å². The van der Waals surface area contributed by atoms with E-state index in [9.17, 15) is 19.8 Å². The number of nitrogens with zero attached hydrogens (tertiary/aromatic N) is 1. The Balaban J connectivity index is 1.15. The molecule has 0 spiro atoms. The summed E-state index contributed by atoms with van der Waals surface area (Å²) in [5.74, 6) is -0.144. The Bertz CT molecular complexity index is 1720. The number of anilines is 3. The zero-order chi connectivity index (χ0) is 36.9. The zero-order valence-corrected chi connectivity index (χ0v) is 30.1. The predicted octanol–water partition coefficient (Wildman–Crippen LogP) is 7.28. The molecule has 0 saturated carbocycles. The molecule has 52 heavy (non-hydrogen) atoms. The summed E-state index contributed by atoms with van der Waals surface area (Å²) in [5, 5.41) is 26.5. The number of rotatable bonds is 17. The summed E-state index contributed by atoms with van der Waals surface area (Å²) >= 11 is 0. The number of carbonyl (C=O) groups is 2. The number of unbranched alkanes of at least 4 members (excludes halogenated alkanes) is 3. The van der Waals surface area contributed by atoms with Crippen LogP contribution in [-0.4, -0.2) is 52.7 Å². The van der Waals surface area contributed by atoms with Crippen LogP contribution in [0.25, 0.3) is 0 Å². The van der Waals surface area contributed by atoms with Crippen molar-refractivity contribution < 1.29 is 29.3 Å². The third kappa shape index (κ3) is 11.2. The van der Waals surface area contributed by atoms with Gasteiger partial charge in [-0.1, -0.05) is 91.7 Å². The molecule has 6 N–H and O–H groups in total. The quantitative estimate of drug-likeness (QED) is 0.0569. The van der Waals surface area contributed by atoms with Gasteiger partial charge in [0.2, 0.25) is 11.8 Å². The number of ether oxygens (including phenoxy) is 2. The second-order valence-corrected chi connectivity index (χ2v) is 13.6. The molecule has 10 nitrogen and oxygen atoms in total. The lowest BCUT2D eigenvalue weighted by Gasteiger charge is -2.39. The van der Waals surface area contributed by atoms with Gasteiger partial charge in [-0.05, 0) is 67.8 Å². The summed E-state index contributed by atoms with van der Waals surface area (Å²) < 4.78 is 13.1. The maximum Gasteiger partial charge on any atom is 0.224 e. The second-order valence-electron chi connectivity index (χ2n) is 13.6. The molecule has 4 aromatic carbocycles. The molecule has 10 heteroatoms. The molecule has 1 saturated heterocycles. The number of amides is 2. The normalized spacial score (nSPS) is 18.4. The Morgan fingerprint density at radius 3 is 2.19 bits per heavy atom. The molecule has 276 valence electrons. The van der Waals surface area contributed by atoms with Gasteiger partial charge in [0.05, 0.1) is 36.3 Å². The molecule has 1 aliphatic heterocycles. The Morgan fingerprint density at radius 2 is 1.50 bits per heavy atom. The van der Waals surface area contributed by atoms with Crippen LogP contribution in [-0.2, 0) is 25.7 Å². The Hall–Kier alpha value is -4.58. The number of benzene rings is 4. The third-order valence-corrected chi connectivity index (χ3v) is 9.63. The number of hydrogen-bond acceptors (Lipinski definition) is 8. The van der Waals surface area contributed by atoms with E-state index in [-0.39, 0.29) is 36.7 Å². The van der Waals surface area contributed by atoms with E-state index in [0.717, 1.165) is 47.9 Å². The summed E-state index contributed by atoms with van der Waals surface area (Å²) in [4.78, 5) is 27.2. The maximum absolute atomic E-state index is 12.9. The lowest BCUT2D eigenvalue weighted by molar-refractivity contribution is -0.253. The van der Waals surface area contributed by atoms with Crippen LogP contribution in [0.2, 0.25) is 0 Å². The van der Waals surface area contributed by atoms with Crippen LogP contribution in [0.3, 0.4) is 0 Å².